The van der Waals surface area contributed by atoms with Crippen LogP contribution < -0.4 is 0 Å². The molecule has 0 aromatic carbocycles. The molecule has 0 aromatic heterocycles. The molecule has 4 saturated carbocycles. The minimum atomic E-state index is -0.683. The van der Waals surface area contributed by atoms with Crippen molar-refractivity contribution in [3.63, 3.8) is 0 Å². The Kier molecular flexibility index (Phi) is 4.91. The topological polar surface area (TPSA) is 77.8 Å². The van der Waals surface area contributed by atoms with E-state index in [-0.39, 0.29) is 35.4 Å². The zero-order chi connectivity index (χ0) is 19.6. The number of carboxylic acid groups (broad SMARTS) is 1. The number of hydrogen-bond donors (Lipinski definition) is 3. The monoisotopic (exact) mass is 378 g/mol. The number of hydrogen-bond acceptors (Lipinski definition) is 3. The van der Waals surface area contributed by atoms with Gasteiger partial charge < -0.3 is 15.3 Å². The summed E-state index contributed by atoms with van der Waals surface area (Å²) in [5, 5.41) is 30.7. The van der Waals surface area contributed by atoms with Crippen LogP contribution in [0.25, 0.3) is 0 Å². The molecule has 0 spiro atoms. The van der Waals surface area contributed by atoms with Crippen molar-refractivity contribution < 1.29 is 20.1 Å². The van der Waals surface area contributed by atoms with E-state index in [1.807, 2.05) is 0 Å². The van der Waals surface area contributed by atoms with Crippen LogP contribution in [-0.2, 0) is 4.79 Å². The van der Waals surface area contributed by atoms with E-state index in [0.29, 0.717) is 29.6 Å². The number of aliphatic hydroxyl groups is 2. The van der Waals surface area contributed by atoms with Gasteiger partial charge in [0.2, 0.25) is 0 Å². The van der Waals surface area contributed by atoms with Crippen molar-refractivity contribution in [3.8, 4) is 0 Å². The summed E-state index contributed by atoms with van der Waals surface area (Å²) in [4.78, 5) is 11.3. The lowest BCUT2D eigenvalue weighted by atomic mass is 9.43. The van der Waals surface area contributed by atoms with Crippen molar-refractivity contribution in [1.82, 2.24) is 0 Å². The van der Waals surface area contributed by atoms with Gasteiger partial charge in [-0.15, -0.1) is 0 Å². The van der Waals surface area contributed by atoms with Gasteiger partial charge in [-0.05, 0) is 97.7 Å². The van der Waals surface area contributed by atoms with E-state index in [1.165, 1.54) is 6.42 Å². The molecule has 154 valence electrons. The Labute approximate surface area is 163 Å². The fourth-order valence-corrected chi connectivity index (χ4v) is 8.59. The van der Waals surface area contributed by atoms with Gasteiger partial charge in [0.15, 0.2) is 0 Å². The molecule has 3 N–H and O–H groups in total. The summed E-state index contributed by atoms with van der Waals surface area (Å²) in [6, 6.07) is 0. The van der Waals surface area contributed by atoms with Crippen molar-refractivity contribution >= 4 is 5.97 Å². The maximum atomic E-state index is 11.3. The largest absolute Gasteiger partial charge is 0.481 e. The summed E-state index contributed by atoms with van der Waals surface area (Å²) in [7, 11) is 0. The van der Waals surface area contributed by atoms with Gasteiger partial charge in [-0.25, -0.2) is 0 Å². The number of carboxylic acids is 1. The van der Waals surface area contributed by atoms with Crippen LogP contribution in [0.3, 0.4) is 0 Å². The number of fused-ring (bicyclic) bond motifs is 5. The van der Waals surface area contributed by atoms with Gasteiger partial charge in [0.1, 0.15) is 0 Å². The van der Waals surface area contributed by atoms with Crippen LogP contribution >= 0.6 is 0 Å². The van der Waals surface area contributed by atoms with Crippen LogP contribution in [0.5, 0.6) is 0 Å². The standard InChI is InChI=1S/C23H38O4/c1-13(10-20(26)27)16-4-5-17-21-18(7-9-23(16,17)3)22(2)8-6-15(24)11-14(22)12-19(21)25/h13-19,21,24-25H,4-12H2,1-3H3,(H,26,27)/t13-,14?,15-,16-,17+,18+,19+,21+,22+,23-/m1/s1. The van der Waals surface area contributed by atoms with Gasteiger partial charge in [-0.2, -0.15) is 0 Å². The third-order valence-corrected chi connectivity index (χ3v) is 9.91. The lowest BCUT2D eigenvalue weighted by Gasteiger charge is -2.62. The summed E-state index contributed by atoms with van der Waals surface area (Å²) >= 11 is 0. The molecular formula is C23H38O4. The highest BCUT2D eigenvalue weighted by molar-refractivity contribution is 5.67. The van der Waals surface area contributed by atoms with Gasteiger partial charge >= 0.3 is 5.97 Å². The minimum Gasteiger partial charge on any atom is -0.481 e. The molecule has 4 nitrogen and oxygen atoms in total. The predicted molar refractivity (Wildman–Crippen MR) is 104 cm³/mol. The highest BCUT2D eigenvalue weighted by Gasteiger charge is 2.62. The van der Waals surface area contributed by atoms with Crippen molar-refractivity contribution in [2.24, 2.45) is 46.3 Å². The van der Waals surface area contributed by atoms with Crippen LogP contribution in [0.15, 0.2) is 0 Å². The molecule has 1 unspecified atom stereocenters. The maximum Gasteiger partial charge on any atom is 0.303 e. The van der Waals surface area contributed by atoms with E-state index in [9.17, 15) is 20.1 Å². The van der Waals surface area contributed by atoms with Gasteiger partial charge in [0.05, 0.1) is 12.2 Å². The second-order valence-corrected chi connectivity index (χ2v) is 11.0. The predicted octanol–water partition coefficient (Wildman–Crippen LogP) is 4.09. The van der Waals surface area contributed by atoms with Crippen molar-refractivity contribution in [1.29, 1.82) is 0 Å². The van der Waals surface area contributed by atoms with Gasteiger partial charge in [0.25, 0.3) is 0 Å². The van der Waals surface area contributed by atoms with Crippen LogP contribution in [0.2, 0.25) is 0 Å². The number of aliphatic carboxylic acids is 1. The molecule has 4 rings (SSSR count). The Morgan fingerprint density at radius 3 is 2.37 bits per heavy atom. The molecule has 4 fully saturated rings. The molecule has 0 radical (unpaired) electrons. The van der Waals surface area contributed by atoms with Gasteiger partial charge in [-0.3, -0.25) is 4.79 Å². The molecule has 27 heavy (non-hydrogen) atoms. The third-order valence-electron chi connectivity index (χ3n) is 9.91. The number of aliphatic hydroxyl groups excluding tert-OH is 2. The lowest BCUT2D eigenvalue weighted by molar-refractivity contribution is -0.174. The Balaban J connectivity index is 1.60. The molecule has 0 aromatic rings. The van der Waals surface area contributed by atoms with E-state index in [0.717, 1.165) is 44.9 Å². The molecule has 0 aliphatic heterocycles. The average Bonchev–Trinajstić information content (AvgIpc) is 2.93. The molecule has 4 aliphatic rings. The van der Waals surface area contributed by atoms with Gasteiger partial charge in [0, 0.05) is 6.42 Å². The van der Waals surface area contributed by atoms with Crippen molar-refractivity contribution in [2.75, 3.05) is 0 Å². The van der Waals surface area contributed by atoms with E-state index in [2.05, 4.69) is 20.8 Å². The van der Waals surface area contributed by atoms with Gasteiger partial charge in [-0.1, -0.05) is 20.8 Å². The average molecular weight is 379 g/mol. The second kappa shape index (κ2) is 6.73. The fraction of sp³-hybridized carbons (Fsp3) is 0.957. The molecule has 0 bridgehead atoms. The Hall–Kier alpha value is -0.610. The first-order valence-electron chi connectivity index (χ1n) is 11.2. The summed E-state index contributed by atoms with van der Waals surface area (Å²) in [5.41, 5.74) is 0.434. The molecule has 4 aliphatic carbocycles. The van der Waals surface area contributed by atoms with E-state index < -0.39 is 5.97 Å². The Bertz CT molecular complexity index is 591. The smallest absolute Gasteiger partial charge is 0.303 e. The first-order chi connectivity index (χ1) is 12.7. The van der Waals surface area contributed by atoms with Crippen LogP contribution in [-0.4, -0.2) is 33.5 Å². The molecule has 0 amide bonds. The Morgan fingerprint density at radius 1 is 1.00 bits per heavy atom. The normalized spacial score (nSPS) is 53.1. The van der Waals surface area contributed by atoms with Crippen LogP contribution in [0, 0.1) is 46.3 Å². The zero-order valence-electron chi connectivity index (χ0n) is 17.2. The maximum absolute atomic E-state index is 11.3. The fourth-order valence-electron chi connectivity index (χ4n) is 8.59. The van der Waals surface area contributed by atoms with E-state index in [4.69, 9.17) is 0 Å². The highest BCUT2D eigenvalue weighted by atomic mass is 16.4. The summed E-state index contributed by atoms with van der Waals surface area (Å²) in [6.07, 6.45) is 8.12. The zero-order valence-corrected chi connectivity index (χ0v) is 17.2. The lowest BCUT2D eigenvalue weighted by Crippen LogP contribution is -2.58. The summed E-state index contributed by atoms with van der Waals surface area (Å²) in [6.45, 7) is 6.96. The molecule has 0 heterocycles. The van der Waals surface area contributed by atoms with E-state index >= 15 is 0 Å². The summed E-state index contributed by atoms with van der Waals surface area (Å²) in [5.74, 6) is 1.89. The minimum absolute atomic E-state index is 0.175. The molecular weight excluding hydrogens is 340 g/mol. The first-order valence-corrected chi connectivity index (χ1v) is 11.2. The Morgan fingerprint density at radius 2 is 1.67 bits per heavy atom. The van der Waals surface area contributed by atoms with E-state index in [1.54, 1.807) is 0 Å². The van der Waals surface area contributed by atoms with Crippen LogP contribution in [0.1, 0.15) is 78.6 Å². The molecule has 0 saturated heterocycles. The quantitative estimate of drug-likeness (QED) is 0.691. The highest BCUT2D eigenvalue weighted by Crippen LogP contribution is 2.68. The number of carbonyl (C=O) groups is 1. The third kappa shape index (κ3) is 2.97. The molecule has 10 atom stereocenters. The van der Waals surface area contributed by atoms with Crippen LogP contribution in [0.4, 0.5) is 0 Å². The SMILES string of the molecule is C[C@H](CC(=O)O)[C@H]1CC[C@H]2[C@@H]3[C@@H](O)CC4C[C@H](O)CC[C@]4(C)[C@H]3CC[C@]12C. The van der Waals surface area contributed by atoms with Crippen molar-refractivity contribution in [2.45, 2.75) is 90.8 Å². The van der Waals surface area contributed by atoms with Crippen molar-refractivity contribution in [3.05, 3.63) is 0 Å². The second-order valence-electron chi connectivity index (χ2n) is 11.0. The molecule has 4 heteroatoms. The number of rotatable bonds is 3. The summed E-state index contributed by atoms with van der Waals surface area (Å²) < 4.78 is 0. The first kappa shape index (κ1) is 19.7.